The first kappa shape index (κ1) is 15.7. The smallest absolute Gasteiger partial charge is 0.340 e. The highest BCUT2D eigenvalue weighted by Crippen LogP contribution is 2.33. The average molecular weight is 290 g/mol. The molecule has 1 fully saturated rings. The normalized spacial score (nSPS) is 25.4. The minimum Gasteiger partial charge on any atom is -0.462 e. The van der Waals surface area contributed by atoms with Gasteiger partial charge in [-0.1, -0.05) is 19.9 Å². The Morgan fingerprint density at radius 1 is 1.38 bits per heavy atom. The Hall–Kier alpha value is -1.71. The molecule has 1 saturated carbocycles. The number of carbonyl (C=O) groups excluding carboxylic acids is 1. The lowest BCUT2D eigenvalue weighted by atomic mass is 9.80. The molecular formula is C17H26N2O2. The topological polar surface area (TPSA) is 64.3 Å². The molecule has 3 unspecified atom stereocenters. The highest BCUT2D eigenvalue weighted by atomic mass is 16.5. The first-order valence-corrected chi connectivity index (χ1v) is 7.85. The van der Waals surface area contributed by atoms with E-state index in [0.29, 0.717) is 29.8 Å². The average Bonchev–Trinajstić information content (AvgIpc) is 2.44. The molecule has 3 atom stereocenters. The highest BCUT2D eigenvalue weighted by Gasteiger charge is 2.26. The van der Waals surface area contributed by atoms with Gasteiger partial charge in [0.15, 0.2) is 0 Å². The fourth-order valence-electron chi connectivity index (χ4n) is 3.16. The van der Waals surface area contributed by atoms with Crippen molar-refractivity contribution >= 4 is 17.3 Å². The second-order valence-corrected chi connectivity index (χ2v) is 6.13. The molecule has 0 aliphatic heterocycles. The van der Waals surface area contributed by atoms with Gasteiger partial charge in [-0.15, -0.1) is 0 Å². The van der Waals surface area contributed by atoms with Crippen molar-refractivity contribution in [2.24, 2.45) is 11.8 Å². The van der Waals surface area contributed by atoms with E-state index in [0.717, 1.165) is 18.0 Å². The van der Waals surface area contributed by atoms with Crippen LogP contribution in [0.3, 0.4) is 0 Å². The van der Waals surface area contributed by atoms with Crippen LogP contribution in [0, 0.1) is 11.8 Å². The van der Waals surface area contributed by atoms with E-state index < -0.39 is 0 Å². The maximum Gasteiger partial charge on any atom is 0.340 e. The molecule has 1 aromatic carbocycles. The van der Waals surface area contributed by atoms with Crippen LogP contribution in [-0.2, 0) is 4.74 Å². The van der Waals surface area contributed by atoms with Crippen molar-refractivity contribution in [3.8, 4) is 0 Å². The number of hydrogen-bond donors (Lipinski definition) is 2. The number of rotatable bonds is 4. The number of benzene rings is 1. The first-order chi connectivity index (χ1) is 10.0. The highest BCUT2D eigenvalue weighted by molar-refractivity contribution is 5.98. The van der Waals surface area contributed by atoms with Crippen LogP contribution in [0.25, 0.3) is 0 Å². The molecule has 0 bridgehead atoms. The Balaban J connectivity index is 2.13. The van der Waals surface area contributed by atoms with Gasteiger partial charge in [0.05, 0.1) is 23.5 Å². The summed E-state index contributed by atoms with van der Waals surface area (Å²) in [6.45, 7) is 6.73. The summed E-state index contributed by atoms with van der Waals surface area (Å²) in [6, 6.07) is 5.91. The second kappa shape index (κ2) is 6.83. The van der Waals surface area contributed by atoms with Crippen molar-refractivity contribution in [1.82, 2.24) is 0 Å². The number of anilines is 2. The van der Waals surface area contributed by atoms with Gasteiger partial charge in [0, 0.05) is 6.04 Å². The van der Waals surface area contributed by atoms with E-state index in [-0.39, 0.29) is 5.97 Å². The van der Waals surface area contributed by atoms with Crippen molar-refractivity contribution in [2.45, 2.75) is 46.1 Å². The summed E-state index contributed by atoms with van der Waals surface area (Å²) in [5.74, 6) is 1.05. The predicted molar refractivity (Wildman–Crippen MR) is 86.4 cm³/mol. The fraction of sp³-hybridized carbons (Fsp3) is 0.588. The lowest BCUT2D eigenvalue weighted by molar-refractivity contribution is 0.0527. The van der Waals surface area contributed by atoms with Crippen LogP contribution in [0.5, 0.6) is 0 Å². The Morgan fingerprint density at radius 2 is 2.14 bits per heavy atom. The van der Waals surface area contributed by atoms with Gasteiger partial charge in [0.25, 0.3) is 0 Å². The monoisotopic (exact) mass is 290 g/mol. The Bertz CT molecular complexity index is 502. The quantitative estimate of drug-likeness (QED) is 0.656. The molecule has 4 nitrogen and oxygen atoms in total. The number of nitrogens with two attached hydrogens (primary N) is 1. The molecule has 1 aliphatic rings. The number of carbonyl (C=O) groups is 1. The van der Waals surface area contributed by atoms with E-state index in [1.54, 1.807) is 13.0 Å². The third-order valence-corrected chi connectivity index (χ3v) is 4.37. The van der Waals surface area contributed by atoms with Gasteiger partial charge < -0.3 is 15.8 Å². The molecule has 21 heavy (non-hydrogen) atoms. The fourth-order valence-corrected chi connectivity index (χ4v) is 3.16. The van der Waals surface area contributed by atoms with E-state index in [1.807, 2.05) is 12.1 Å². The molecule has 0 saturated heterocycles. The Labute approximate surface area is 127 Å². The molecule has 0 heterocycles. The van der Waals surface area contributed by atoms with Crippen LogP contribution < -0.4 is 11.1 Å². The molecule has 1 aliphatic carbocycles. The van der Waals surface area contributed by atoms with E-state index in [9.17, 15) is 4.79 Å². The third kappa shape index (κ3) is 3.69. The zero-order chi connectivity index (χ0) is 15.4. The molecule has 116 valence electrons. The van der Waals surface area contributed by atoms with Crippen LogP contribution in [0.4, 0.5) is 11.4 Å². The number of hydrogen-bond acceptors (Lipinski definition) is 4. The molecular weight excluding hydrogens is 264 g/mol. The Morgan fingerprint density at radius 3 is 2.81 bits per heavy atom. The Kier molecular flexibility index (Phi) is 5.10. The molecule has 0 radical (unpaired) electrons. The summed E-state index contributed by atoms with van der Waals surface area (Å²) in [5.41, 5.74) is 7.91. The molecule has 2 rings (SSSR count). The van der Waals surface area contributed by atoms with Gasteiger partial charge >= 0.3 is 5.97 Å². The van der Waals surface area contributed by atoms with E-state index in [4.69, 9.17) is 10.5 Å². The number of ether oxygens (including phenoxy) is 1. The van der Waals surface area contributed by atoms with Crippen molar-refractivity contribution in [1.29, 1.82) is 0 Å². The van der Waals surface area contributed by atoms with Gasteiger partial charge in [-0.25, -0.2) is 4.79 Å². The maximum atomic E-state index is 11.9. The zero-order valence-electron chi connectivity index (χ0n) is 13.2. The second-order valence-electron chi connectivity index (χ2n) is 6.13. The van der Waals surface area contributed by atoms with Crippen LogP contribution >= 0.6 is 0 Å². The summed E-state index contributed by atoms with van der Waals surface area (Å²) < 4.78 is 5.04. The molecule has 0 aromatic heterocycles. The van der Waals surface area contributed by atoms with Crippen molar-refractivity contribution in [3.63, 3.8) is 0 Å². The summed E-state index contributed by atoms with van der Waals surface area (Å²) in [7, 11) is 0. The number of esters is 1. The predicted octanol–water partition coefficient (Wildman–Crippen LogP) is 3.68. The van der Waals surface area contributed by atoms with Crippen LogP contribution in [-0.4, -0.2) is 18.6 Å². The lowest BCUT2D eigenvalue weighted by Crippen LogP contribution is -2.33. The molecule has 0 amide bonds. The minimum atomic E-state index is -0.357. The number of para-hydroxylation sites is 1. The van der Waals surface area contributed by atoms with Gasteiger partial charge in [-0.2, -0.15) is 0 Å². The molecule has 1 aromatic rings. The lowest BCUT2D eigenvalue weighted by Gasteiger charge is -2.34. The summed E-state index contributed by atoms with van der Waals surface area (Å²) in [6.07, 6.45) is 3.61. The van der Waals surface area contributed by atoms with Crippen molar-refractivity contribution in [3.05, 3.63) is 23.8 Å². The van der Waals surface area contributed by atoms with Crippen LogP contribution in [0.15, 0.2) is 18.2 Å². The van der Waals surface area contributed by atoms with Crippen molar-refractivity contribution in [2.75, 3.05) is 17.7 Å². The summed E-state index contributed by atoms with van der Waals surface area (Å²) in [4.78, 5) is 11.9. The van der Waals surface area contributed by atoms with E-state index >= 15 is 0 Å². The summed E-state index contributed by atoms with van der Waals surface area (Å²) in [5, 5.41) is 3.52. The standard InChI is InChI=1S/C17H26N2O2/c1-4-21-17(20)13-6-5-7-15(16(13)18)19-14-9-8-11(2)10-12(14)3/h5-7,11-12,14,19H,4,8-10,18H2,1-3H3. The van der Waals surface area contributed by atoms with Crippen molar-refractivity contribution < 1.29 is 9.53 Å². The van der Waals surface area contributed by atoms with Crippen LogP contribution in [0.2, 0.25) is 0 Å². The number of nitrogen functional groups attached to an aromatic ring is 1. The molecule has 4 heteroatoms. The summed E-state index contributed by atoms with van der Waals surface area (Å²) >= 11 is 0. The van der Waals surface area contributed by atoms with E-state index in [2.05, 4.69) is 19.2 Å². The first-order valence-electron chi connectivity index (χ1n) is 7.85. The maximum absolute atomic E-state index is 11.9. The van der Waals surface area contributed by atoms with Crippen LogP contribution in [0.1, 0.15) is 50.4 Å². The van der Waals surface area contributed by atoms with Gasteiger partial charge in [-0.05, 0) is 50.2 Å². The molecule has 3 N–H and O–H groups in total. The van der Waals surface area contributed by atoms with Gasteiger partial charge in [-0.3, -0.25) is 0 Å². The number of nitrogens with one attached hydrogen (secondary N) is 1. The van der Waals surface area contributed by atoms with E-state index in [1.165, 1.54) is 12.8 Å². The van der Waals surface area contributed by atoms with Gasteiger partial charge in [0.1, 0.15) is 0 Å². The SMILES string of the molecule is CCOC(=O)c1cccc(NC2CCC(C)CC2C)c1N. The molecule has 0 spiro atoms. The largest absolute Gasteiger partial charge is 0.462 e. The van der Waals surface area contributed by atoms with Gasteiger partial charge in [0.2, 0.25) is 0 Å². The minimum absolute atomic E-state index is 0.355. The third-order valence-electron chi connectivity index (χ3n) is 4.37. The zero-order valence-corrected chi connectivity index (χ0v) is 13.2.